The summed E-state index contributed by atoms with van der Waals surface area (Å²) in [5, 5.41) is 15.4. The number of nitrogens with one attached hydrogen (secondary N) is 2. The molecule has 9 heteroatoms. The molecule has 0 radical (unpaired) electrons. The van der Waals surface area contributed by atoms with Gasteiger partial charge in [-0.1, -0.05) is 25.1 Å². The molecule has 0 aliphatic carbocycles. The molecule has 3 amide bonds. The van der Waals surface area contributed by atoms with Gasteiger partial charge in [0.2, 0.25) is 5.91 Å². The van der Waals surface area contributed by atoms with E-state index in [-0.39, 0.29) is 0 Å². The average Bonchev–Trinajstić information content (AvgIpc) is 2.86. The lowest BCUT2D eigenvalue weighted by Crippen LogP contribution is -2.56. The highest BCUT2D eigenvalue weighted by Crippen LogP contribution is 2.29. The van der Waals surface area contributed by atoms with E-state index in [2.05, 4.69) is 10.6 Å². The lowest BCUT2D eigenvalue weighted by atomic mass is 9.96. The van der Waals surface area contributed by atoms with Crippen LogP contribution in [0.3, 0.4) is 0 Å². The van der Waals surface area contributed by atoms with E-state index in [4.69, 9.17) is 9.47 Å². The maximum absolute atomic E-state index is 13.9. The monoisotopic (exact) mass is 527 g/mol. The Bertz CT molecular complexity index is 1110. The molecule has 2 rings (SSSR count). The minimum Gasteiger partial charge on any atom is -0.497 e. The van der Waals surface area contributed by atoms with Gasteiger partial charge in [0.25, 0.3) is 5.91 Å². The summed E-state index contributed by atoms with van der Waals surface area (Å²) >= 11 is 0. The molecular weight excluding hydrogens is 486 g/mol. The fourth-order valence-corrected chi connectivity index (χ4v) is 3.87. The van der Waals surface area contributed by atoms with Crippen molar-refractivity contribution < 1.29 is 29.0 Å². The second kappa shape index (κ2) is 13.3. The zero-order chi connectivity index (χ0) is 28.6. The maximum atomic E-state index is 13.9. The molecule has 208 valence electrons. The maximum Gasteiger partial charge on any atom is 0.408 e. The first kappa shape index (κ1) is 30.6. The SMILES string of the molecule is CCC(C)N(C(=O)C(CO)NC(=O)OC(C)(C)C)C(C(=O)Nc1ccc(OC)cc1)c1ccc(C)c(C)c1. The van der Waals surface area contributed by atoms with Crippen LogP contribution in [0.15, 0.2) is 42.5 Å². The van der Waals surface area contributed by atoms with Crippen LogP contribution in [-0.4, -0.2) is 59.3 Å². The van der Waals surface area contributed by atoms with E-state index in [1.165, 1.54) is 4.90 Å². The molecule has 0 heterocycles. The van der Waals surface area contributed by atoms with Gasteiger partial charge in [0.15, 0.2) is 0 Å². The van der Waals surface area contributed by atoms with Crippen molar-refractivity contribution >= 4 is 23.6 Å². The van der Waals surface area contributed by atoms with Gasteiger partial charge in [-0.2, -0.15) is 0 Å². The molecule has 0 saturated carbocycles. The fraction of sp³-hybridized carbons (Fsp3) is 0.483. The third-order valence-corrected chi connectivity index (χ3v) is 6.22. The Morgan fingerprint density at radius 1 is 1.03 bits per heavy atom. The van der Waals surface area contributed by atoms with Crippen molar-refractivity contribution in [3.8, 4) is 5.75 Å². The van der Waals surface area contributed by atoms with Crippen LogP contribution < -0.4 is 15.4 Å². The van der Waals surface area contributed by atoms with Crippen LogP contribution in [0.4, 0.5) is 10.5 Å². The highest BCUT2D eigenvalue weighted by molar-refractivity contribution is 5.99. The third-order valence-electron chi connectivity index (χ3n) is 6.22. The van der Waals surface area contributed by atoms with Gasteiger partial charge in [0, 0.05) is 11.7 Å². The topological polar surface area (TPSA) is 117 Å². The molecule has 0 aliphatic rings. The van der Waals surface area contributed by atoms with Gasteiger partial charge >= 0.3 is 6.09 Å². The van der Waals surface area contributed by atoms with Crippen molar-refractivity contribution in [2.45, 2.75) is 78.6 Å². The van der Waals surface area contributed by atoms with Crippen LogP contribution in [0.1, 0.15) is 63.8 Å². The molecular formula is C29H41N3O6. The van der Waals surface area contributed by atoms with Crippen molar-refractivity contribution in [1.29, 1.82) is 0 Å². The number of methoxy groups -OCH3 is 1. The molecule has 38 heavy (non-hydrogen) atoms. The van der Waals surface area contributed by atoms with E-state index in [0.717, 1.165) is 11.1 Å². The van der Waals surface area contributed by atoms with Crippen molar-refractivity contribution in [3.05, 3.63) is 59.2 Å². The zero-order valence-corrected chi connectivity index (χ0v) is 23.6. The highest BCUT2D eigenvalue weighted by atomic mass is 16.6. The molecule has 3 N–H and O–H groups in total. The predicted octanol–water partition coefficient (Wildman–Crippen LogP) is 4.50. The van der Waals surface area contributed by atoms with Gasteiger partial charge in [-0.15, -0.1) is 0 Å². The number of nitrogens with zero attached hydrogens (tertiary/aromatic N) is 1. The summed E-state index contributed by atoms with van der Waals surface area (Å²) in [4.78, 5) is 41.6. The number of hydrogen-bond donors (Lipinski definition) is 3. The number of anilines is 1. The van der Waals surface area contributed by atoms with E-state index >= 15 is 0 Å². The lowest BCUT2D eigenvalue weighted by Gasteiger charge is -2.38. The Hall–Kier alpha value is -3.59. The van der Waals surface area contributed by atoms with Crippen LogP contribution in [0.5, 0.6) is 5.75 Å². The first-order valence-electron chi connectivity index (χ1n) is 12.8. The number of rotatable bonds is 10. The van der Waals surface area contributed by atoms with Crippen molar-refractivity contribution in [2.75, 3.05) is 19.0 Å². The second-order valence-electron chi connectivity index (χ2n) is 10.3. The Balaban J connectivity index is 2.52. The molecule has 0 fully saturated rings. The van der Waals surface area contributed by atoms with Crippen LogP contribution >= 0.6 is 0 Å². The molecule has 9 nitrogen and oxygen atoms in total. The zero-order valence-electron chi connectivity index (χ0n) is 23.6. The summed E-state index contributed by atoms with van der Waals surface area (Å²) in [6.45, 7) is 12.1. The van der Waals surface area contributed by atoms with Crippen molar-refractivity contribution in [2.24, 2.45) is 0 Å². The van der Waals surface area contributed by atoms with Gasteiger partial charge in [0.05, 0.1) is 13.7 Å². The number of carbonyl (C=O) groups excluding carboxylic acids is 3. The molecule has 0 bridgehead atoms. The molecule has 0 saturated heterocycles. The van der Waals surface area contributed by atoms with Crippen LogP contribution in [-0.2, 0) is 14.3 Å². The van der Waals surface area contributed by atoms with E-state index < -0.39 is 48.2 Å². The van der Waals surface area contributed by atoms with Crippen molar-refractivity contribution in [1.82, 2.24) is 10.2 Å². The van der Waals surface area contributed by atoms with Crippen LogP contribution in [0, 0.1) is 13.8 Å². The highest BCUT2D eigenvalue weighted by Gasteiger charge is 2.38. The molecule has 3 unspecified atom stereocenters. The van der Waals surface area contributed by atoms with E-state index in [9.17, 15) is 19.5 Å². The number of hydrogen-bond acceptors (Lipinski definition) is 6. The number of aryl methyl sites for hydroxylation is 2. The number of alkyl carbamates (subject to hydrolysis) is 1. The summed E-state index contributed by atoms with van der Waals surface area (Å²) in [6.07, 6.45) is -0.299. The summed E-state index contributed by atoms with van der Waals surface area (Å²) < 4.78 is 10.5. The van der Waals surface area contributed by atoms with Gasteiger partial charge < -0.3 is 30.1 Å². The number of ether oxygens (including phenoxy) is 2. The fourth-order valence-electron chi connectivity index (χ4n) is 3.87. The quantitative estimate of drug-likeness (QED) is 0.419. The van der Waals surface area contributed by atoms with E-state index in [1.807, 2.05) is 45.9 Å². The van der Waals surface area contributed by atoms with Gasteiger partial charge in [-0.3, -0.25) is 9.59 Å². The number of amides is 3. The third kappa shape index (κ3) is 8.21. The summed E-state index contributed by atoms with van der Waals surface area (Å²) in [7, 11) is 1.56. The van der Waals surface area contributed by atoms with Crippen LogP contribution in [0.2, 0.25) is 0 Å². The Morgan fingerprint density at radius 3 is 2.16 bits per heavy atom. The second-order valence-corrected chi connectivity index (χ2v) is 10.3. The normalized spacial score (nSPS) is 13.6. The van der Waals surface area contributed by atoms with Gasteiger partial charge in [-0.05, 0) is 88.9 Å². The molecule has 3 atom stereocenters. The summed E-state index contributed by atoms with van der Waals surface area (Å²) in [5.74, 6) is -0.383. The number of aliphatic hydroxyl groups is 1. The van der Waals surface area contributed by atoms with Crippen molar-refractivity contribution in [3.63, 3.8) is 0 Å². The first-order valence-corrected chi connectivity index (χ1v) is 12.8. The largest absolute Gasteiger partial charge is 0.497 e. The number of carbonyl (C=O) groups is 3. The molecule has 2 aromatic rings. The minimum absolute atomic E-state index is 0.398. The van der Waals surface area contributed by atoms with Crippen LogP contribution in [0.25, 0.3) is 0 Å². The minimum atomic E-state index is -1.30. The molecule has 0 spiro atoms. The van der Waals surface area contributed by atoms with Gasteiger partial charge in [0.1, 0.15) is 23.4 Å². The predicted molar refractivity (Wildman–Crippen MR) is 147 cm³/mol. The molecule has 2 aromatic carbocycles. The number of benzene rings is 2. The average molecular weight is 528 g/mol. The smallest absolute Gasteiger partial charge is 0.408 e. The summed E-state index contributed by atoms with van der Waals surface area (Å²) in [6, 6.07) is 9.74. The molecule has 0 aliphatic heterocycles. The number of aliphatic hydroxyl groups excluding tert-OH is 1. The standard InChI is InChI=1S/C29H41N3O6/c1-9-20(4)32(27(35)24(17-33)31-28(36)38-29(5,6)7)25(21-11-10-18(2)19(3)16-21)26(34)30-22-12-14-23(37-8)15-13-22/h10-16,20,24-25,33H,9,17H2,1-8H3,(H,30,34)(H,31,36). The van der Waals surface area contributed by atoms with Gasteiger partial charge in [-0.25, -0.2) is 4.79 Å². The lowest BCUT2D eigenvalue weighted by molar-refractivity contribution is -0.144. The van der Waals surface area contributed by atoms with E-state index in [1.54, 1.807) is 52.1 Å². The first-order chi connectivity index (χ1) is 17.8. The summed E-state index contributed by atoms with van der Waals surface area (Å²) in [5.41, 5.74) is 2.37. The Labute approximate surface area is 225 Å². The Morgan fingerprint density at radius 2 is 1.66 bits per heavy atom. The Kier molecular flexibility index (Phi) is 10.7. The molecule has 0 aromatic heterocycles. The van der Waals surface area contributed by atoms with E-state index in [0.29, 0.717) is 23.4 Å².